The topological polar surface area (TPSA) is 210 Å². The van der Waals surface area contributed by atoms with E-state index in [0.29, 0.717) is 47.5 Å². The van der Waals surface area contributed by atoms with Gasteiger partial charge in [-0.05, 0) is 111 Å². The largest absolute Gasteiger partial charge is 0.492 e. The molecule has 4 aromatic rings. The highest BCUT2D eigenvalue weighted by Crippen LogP contribution is 2.18. The van der Waals surface area contributed by atoms with Crippen molar-refractivity contribution in [1.29, 1.82) is 0 Å². The maximum absolute atomic E-state index is 11.2. The minimum absolute atomic E-state index is 0.495. The Morgan fingerprint density at radius 2 is 0.638 bits per heavy atom. The van der Waals surface area contributed by atoms with Crippen LogP contribution in [0.15, 0.2) is 97.1 Å². The van der Waals surface area contributed by atoms with E-state index in [1.165, 1.54) is 0 Å². The maximum atomic E-state index is 11.2. The lowest BCUT2D eigenvalue weighted by Crippen LogP contribution is -2.26. The quantitative estimate of drug-likeness (QED) is 0.0885. The number of nitrogens with one attached hydrogen (secondary N) is 4. The second-order valence-corrected chi connectivity index (χ2v) is 20.7. The van der Waals surface area contributed by atoms with Gasteiger partial charge in [0.2, 0.25) is 40.1 Å². The molecule has 0 heterocycles. The molecular weight excluding hydrogens is 829 g/mol. The molecule has 16 nitrogen and oxygen atoms in total. The summed E-state index contributed by atoms with van der Waals surface area (Å²) in [6.45, 7) is 4.14. The van der Waals surface area contributed by atoms with Crippen LogP contribution < -0.4 is 28.4 Å². The Hall–Kier alpha value is -4.60. The van der Waals surface area contributed by atoms with E-state index in [4.69, 9.17) is 9.47 Å². The van der Waals surface area contributed by atoms with Crippen molar-refractivity contribution in [2.45, 2.75) is 12.8 Å². The molecule has 0 unspecified atom stereocenters. The van der Waals surface area contributed by atoms with E-state index >= 15 is 0 Å². The van der Waals surface area contributed by atoms with Crippen molar-refractivity contribution < 1.29 is 43.1 Å². The summed E-state index contributed by atoms with van der Waals surface area (Å²) in [4.78, 5) is 4.28. The van der Waals surface area contributed by atoms with Crippen molar-refractivity contribution in [2.24, 2.45) is 0 Å². The molecule has 320 valence electrons. The van der Waals surface area contributed by atoms with Crippen LogP contribution in [0.25, 0.3) is 0 Å². The number of likely N-dealkylation sites (N-methyl/N-ethyl adjacent to an activating group) is 2. The van der Waals surface area contributed by atoms with Crippen LogP contribution >= 0.6 is 0 Å². The SMILES string of the molecule is CN(CCOc1ccc(NS(C)(=O)=O)cc1)CCc1ccc(NS(C)(=O)=O)cc1.CN(CCOc1ccc(NS(C)(=O)=O)cc1)CCc1ccc(NS(C)(=O)=O)cc1. The van der Waals surface area contributed by atoms with Crippen LogP contribution in [-0.2, 0) is 52.9 Å². The molecule has 0 radical (unpaired) electrons. The van der Waals surface area contributed by atoms with Crippen LogP contribution in [0.1, 0.15) is 11.1 Å². The standard InChI is InChI=1S/2C19H27N3O5S2/c2*1-22(13-12-16-4-6-17(7-5-16)20-28(2,23)24)14-15-27-19-10-8-18(9-11-19)21-29(3,25)26/h2*4-11,20-21H,12-15H2,1-3H3. The van der Waals surface area contributed by atoms with Crippen molar-refractivity contribution in [2.75, 3.05) is 97.4 Å². The number of rotatable bonds is 22. The molecule has 4 rings (SSSR count). The number of hydrogen-bond acceptors (Lipinski definition) is 12. The molecule has 0 aliphatic carbocycles. The highest BCUT2D eigenvalue weighted by Gasteiger charge is 2.07. The molecule has 0 atom stereocenters. The molecule has 20 heteroatoms. The Labute approximate surface area is 344 Å². The van der Waals surface area contributed by atoms with Crippen molar-refractivity contribution >= 4 is 62.8 Å². The predicted octanol–water partition coefficient (Wildman–Crippen LogP) is 3.97. The lowest BCUT2D eigenvalue weighted by atomic mass is 10.1. The Morgan fingerprint density at radius 3 is 0.879 bits per heavy atom. The van der Waals surface area contributed by atoms with Gasteiger partial charge in [0.1, 0.15) is 24.7 Å². The molecule has 0 spiro atoms. The molecular formula is C38H54N6O10S4. The number of sulfonamides is 4. The number of nitrogens with zero attached hydrogens (tertiary/aromatic N) is 2. The summed E-state index contributed by atoms with van der Waals surface area (Å²) in [5.74, 6) is 1.35. The van der Waals surface area contributed by atoms with Gasteiger partial charge in [0.25, 0.3) is 0 Å². The van der Waals surface area contributed by atoms with E-state index in [2.05, 4.69) is 28.7 Å². The second-order valence-electron chi connectivity index (χ2n) is 13.7. The number of hydrogen-bond donors (Lipinski definition) is 4. The molecule has 0 aliphatic rings. The van der Waals surface area contributed by atoms with Crippen molar-refractivity contribution in [3.63, 3.8) is 0 Å². The summed E-state index contributed by atoms with van der Waals surface area (Å²) in [7, 11) is -9.09. The molecule has 4 N–H and O–H groups in total. The lowest BCUT2D eigenvalue weighted by molar-refractivity contribution is 0.239. The number of ether oxygens (including phenoxy) is 2. The first-order chi connectivity index (χ1) is 27.0. The van der Waals surface area contributed by atoms with Gasteiger partial charge in [-0.25, -0.2) is 33.7 Å². The van der Waals surface area contributed by atoms with Crippen LogP contribution in [0.3, 0.4) is 0 Å². The van der Waals surface area contributed by atoms with E-state index in [9.17, 15) is 33.7 Å². The van der Waals surface area contributed by atoms with Crippen molar-refractivity contribution in [1.82, 2.24) is 9.80 Å². The number of anilines is 4. The zero-order valence-corrected chi connectivity index (χ0v) is 36.8. The summed E-state index contributed by atoms with van der Waals surface area (Å²) in [6.07, 6.45) is 6.13. The third-order valence-electron chi connectivity index (χ3n) is 7.88. The minimum Gasteiger partial charge on any atom is -0.492 e. The summed E-state index contributed by atoms with van der Waals surface area (Å²) in [5, 5.41) is 0. The van der Waals surface area contributed by atoms with E-state index in [0.717, 1.165) is 75.2 Å². The molecule has 0 aromatic heterocycles. The summed E-state index contributed by atoms with van der Waals surface area (Å²) >= 11 is 0. The normalized spacial score (nSPS) is 12.0. The fraction of sp³-hybridized carbons (Fsp3) is 0.368. The highest BCUT2D eigenvalue weighted by atomic mass is 32.2. The van der Waals surface area contributed by atoms with Crippen LogP contribution in [0.2, 0.25) is 0 Å². The van der Waals surface area contributed by atoms with Crippen molar-refractivity contribution in [3.8, 4) is 11.5 Å². The first kappa shape index (κ1) is 47.8. The van der Waals surface area contributed by atoms with Gasteiger partial charge in [0, 0.05) is 48.9 Å². The average Bonchev–Trinajstić information content (AvgIpc) is 3.10. The van der Waals surface area contributed by atoms with Gasteiger partial charge < -0.3 is 19.3 Å². The third-order valence-corrected chi connectivity index (χ3v) is 10.3. The maximum Gasteiger partial charge on any atom is 0.229 e. The Kier molecular flexibility index (Phi) is 18.1. The van der Waals surface area contributed by atoms with Gasteiger partial charge in [0.15, 0.2) is 0 Å². The molecule has 0 fully saturated rings. The van der Waals surface area contributed by atoms with E-state index < -0.39 is 40.1 Å². The van der Waals surface area contributed by atoms with Gasteiger partial charge >= 0.3 is 0 Å². The van der Waals surface area contributed by atoms with Crippen LogP contribution in [-0.4, -0.2) is 122 Å². The fourth-order valence-corrected chi connectivity index (χ4v) is 7.33. The van der Waals surface area contributed by atoms with Gasteiger partial charge in [-0.15, -0.1) is 0 Å². The van der Waals surface area contributed by atoms with Crippen LogP contribution in [0.5, 0.6) is 11.5 Å². The van der Waals surface area contributed by atoms with E-state index in [1.807, 2.05) is 38.4 Å². The van der Waals surface area contributed by atoms with Crippen LogP contribution in [0.4, 0.5) is 22.7 Å². The van der Waals surface area contributed by atoms with Crippen molar-refractivity contribution in [3.05, 3.63) is 108 Å². The molecule has 58 heavy (non-hydrogen) atoms. The minimum atomic E-state index is -3.29. The van der Waals surface area contributed by atoms with E-state index in [-0.39, 0.29) is 0 Å². The highest BCUT2D eigenvalue weighted by molar-refractivity contribution is 7.92. The van der Waals surface area contributed by atoms with E-state index in [1.54, 1.807) is 72.8 Å². The zero-order chi connectivity index (χ0) is 43.0. The first-order valence-corrected chi connectivity index (χ1v) is 25.5. The molecule has 0 saturated heterocycles. The average molecular weight is 883 g/mol. The predicted molar refractivity (Wildman–Crippen MR) is 233 cm³/mol. The fourth-order valence-electron chi connectivity index (χ4n) is 5.08. The summed E-state index contributed by atoms with van der Waals surface area (Å²) < 4.78 is 111. The molecule has 0 saturated carbocycles. The van der Waals surface area contributed by atoms with Gasteiger partial charge in [0.05, 0.1) is 25.0 Å². The molecule has 0 aliphatic heterocycles. The van der Waals surface area contributed by atoms with Crippen LogP contribution in [0, 0.1) is 0 Å². The molecule has 0 bridgehead atoms. The zero-order valence-electron chi connectivity index (χ0n) is 33.5. The van der Waals surface area contributed by atoms with Gasteiger partial charge in [-0.3, -0.25) is 18.9 Å². The Bertz CT molecular complexity index is 2150. The molecule has 0 amide bonds. The molecule has 4 aromatic carbocycles. The number of benzene rings is 4. The third kappa shape index (κ3) is 21.8. The lowest BCUT2D eigenvalue weighted by Gasteiger charge is -2.17. The smallest absolute Gasteiger partial charge is 0.229 e. The summed E-state index contributed by atoms with van der Waals surface area (Å²) in [5.41, 5.74) is 4.33. The second kappa shape index (κ2) is 22.0. The summed E-state index contributed by atoms with van der Waals surface area (Å²) in [6, 6.07) is 28.1. The van der Waals surface area contributed by atoms with Gasteiger partial charge in [-0.2, -0.15) is 0 Å². The van der Waals surface area contributed by atoms with Gasteiger partial charge in [-0.1, -0.05) is 24.3 Å². The first-order valence-electron chi connectivity index (χ1n) is 17.9. The Morgan fingerprint density at radius 1 is 0.397 bits per heavy atom. The Balaban J connectivity index is 0.000000310. The monoisotopic (exact) mass is 882 g/mol.